The molecule has 4 N–H and O–H groups in total. The van der Waals surface area contributed by atoms with Gasteiger partial charge in [0, 0.05) is 0 Å². The molecule has 13 heavy (non-hydrogen) atoms. The van der Waals surface area contributed by atoms with E-state index >= 15 is 0 Å². The summed E-state index contributed by atoms with van der Waals surface area (Å²) < 4.78 is 0. The van der Waals surface area contributed by atoms with Gasteiger partial charge < -0.3 is 15.9 Å². The van der Waals surface area contributed by atoms with Crippen LogP contribution < -0.4 is 5.73 Å². The van der Waals surface area contributed by atoms with E-state index in [2.05, 4.69) is 6.58 Å². The van der Waals surface area contributed by atoms with Crippen LogP contribution in [0, 0.1) is 0 Å². The third kappa shape index (κ3) is 2.80. The summed E-state index contributed by atoms with van der Waals surface area (Å²) in [6.45, 7) is 3.34. The second-order valence-corrected chi connectivity index (χ2v) is 2.97. The first-order valence-electron chi connectivity index (χ1n) is 4.01. The Kier molecular flexibility index (Phi) is 2.93. The smallest absolute Gasteiger partial charge is 0.115 e. The predicted molar refractivity (Wildman–Crippen MR) is 51.6 cm³/mol. The van der Waals surface area contributed by atoms with Crippen LogP contribution in [-0.2, 0) is 6.42 Å². The lowest BCUT2D eigenvalue weighted by molar-refractivity contribution is 0.368. The maximum Gasteiger partial charge on any atom is 0.115 e. The molecular weight excluding hydrogens is 166 g/mol. The maximum atomic E-state index is 9.14. The molecule has 0 aliphatic rings. The van der Waals surface area contributed by atoms with Gasteiger partial charge in [0.25, 0.3) is 0 Å². The molecule has 3 heteroatoms. The van der Waals surface area contributed by atoms with Crippen LogP contribution >= 0.6 is 0 Å². The molecule has 1 aromatic carbocycles. The first kappa shape index (κ1) is 9.61. The second-order valence-electron chi connectivity index (χ2n) is 2.97. The fraction of sp³-hybridized carbons (Fsp3) is 0.200. The van der Waals surface area contributed by atoms with Crippen molar-refractivity contribution in [3.63, 3.8) is 0 Å². The van der Waals surface area contributed by atoms with Gasteiger partial charge in [-0.2, -0.15) is 0 Å². The maximum absolute atomic E-state index is 9.14. The van der Waals surface area contributed by atoms with E-state index in [0.29, 0.717) is 6.42 Å². The Morgan fingerprint density at radius 1 is 1.54 bits per heavy atom. The molecule has 0 aromatic heterocycles. The molecule has 0 unspecified atom stereocenters. The van der Waals surface area contributed by atoms with Gasteiger partial charge >= 0.3 is 0 Å². The Hall–Kier alpha value is -1.48. The van der Waals surface area contributed by atoms with E-state index in [1.165, 1.54) is 0 Å². The molecule has 1 rings (SSSR count). The van der Waals surface area contributed by atoms with Gasteiger partial charge in [0.2, 0.25) is 0 Å². The van der Waals surface area contributed by atoms with Crippen molar-refractivity contribution < 1.29 is 10.2 Å². The molecule has 70 valence electrons. The number of benzene rings is 1. The van der Waals surface area contributed by atoms with E-state index in [4.69, 9.17) is 15.9 Å². The molecule has 0 radical (unpaired) electrons. The summed E-state index contributed by atoms with van der Waals surface area (Å²) >= 11 is 0. The lowest BCUT2D eigenvalue weighted by atomic mass is 10.1. The van der Waals surface area contributed by atoms with Crippen LogP contribution in [0.4, 0.5) is 0 Å². The number of phenolic OH excluding ortho intramolecular Hbond substituents is 1. The number of aliphatic hydroxyl groups is 1. The van der Waals surface area contributed by atoms with Crippen molar-refractivity contribution in [1.82, 2.24) is 0 Å². The van der Waals surface area contributed by atoms with Gasteiger partial charge in [-0.25, -0.2) is 0 Å². The van der Waals surface area contributed by atoms with E-state index in [9.17, 15) is 0 Å². The zero-order valence-corrected chi connectivity index (χ0v) is 7.27. The number of rotatable bonds is 3. The molecule has 0 heterocycles. The van der Waals surface area contributed by atoms with Crippen molar-refractivity contribution in [3.05, 3.63) is 42.2 Å². The van der Waals surface area contributed by atoms with Gasteiger partial charge in [-0.1, -0.05) is 18.7 Å². The molecular formula is C10H13NO2. The molecule has 1 aromatic rings. The molecule has 0 aliphatic heterocycles. The molecule has 1 atom stereocenters. The Balaban J connectivity index is 2.69. The molecule has 0 spiro atoms. The van der Waals surface area contributed by atoms with Crippen LogP contribution in [-0.4, -0.2) is 16.3 Å². The van der Waals surface area contributed by atoms with E-state index < -0.39 is 6.04 Å². The van der Waals surface area contributed by atoms with Crippen LogP contribution in [0.3, 0.4) is 0 Å². The van der Waals surface area contributed by atoms with Crippen LogP contribution in [0.5, 0.6) is 5.75 Å². The highest BCUT2D eigenvalue weighted by molar-refractivity contribution is 5.28. The van der Waals surface area contributed by atoms with Crippen LogP contribution in [0.15, 0.2) is 36.6 Å². The van der Waals surface area contributed by atoms with E-state index in [1.807, 2.05) is 6.07 Å². The van der Waals surface area contributed by atoms with E-state index in [0.717, 1.165) is 5.56 Å². The van der Waals surface area contributed by atoms with Gasteiger partial charge in [0.15, 0.2) is 0 Å². The number of nitrogens with two attached hydrogens (primary N) is 1. The number of hydrogen-bond acceptors (Lipinski definition) is 3. The summed E-state index contributed by atoms with van der Waals surface area (Å²) in [5.41, 5.74) is 6.44. The van der Waals surface area contributed by atoms with Gasteiger partial charge in [-0.05, 0) is 24.1 Å². The quantitative estimate of drug-likeness (QED) is 0.613. The van der Waals surface area contributed by atoms with E-state index in [1.54, 1.807) is 18.2 Å². The van der Waals surface area contributed by atoms with Gasteiger partial charge in [-0.3, -0.25) is 0 Å². The van der Waals surface area contributed by atoms with Crippen molar-refractivity contribution in [2.45, 2.75) is 12.5 Å². The highest BCUT2D eigenvalue weighted by Crippen LogP contribution is 2.13. The molecule has 0 aliphatic carbocycles. The van der Waals surface area contributed by atoms with Crippen LogP contribution in [0.1, 0.15) is 5.56 Å². The van der Waals surface area contributed by atoms with Crippen molar-refractivity contribution in [3.8, 4) is 5.75 Å². The fourth-order valence-corrected chi connectivity index (χ4v) is 1.06. The summed E-state index contributed by atoms with van der Waals surface area (Å²) in [6.07, 6.45) is 0.476. The monoisotopic (exact) mass is 179 g/mol. The zero-order valence-electron chi connectivity index (χ0n) is 7.27. The van der Waals surface area contributed by atoms with Crippen molar-refractivity contribution in [2.24, 2.45) is 5.73 Å². The Morgan fingerprint density at radius 3 is 2.77 bits per heavy atom. The number of hydrogen-bond donors (Lipinski definition) is 3. The van der Waals surface area contributed by atoms with Crippen LogP contribution in [0.2, 0.25) is 0 Å². The summed E-state index contributed by atoms with van der Waals surface area (Å²) in [6, 6.07) is 6.30. The summed E-state index contributed by atoms with van der Waals surface area (Å²) in [4.78, 5) is 0. The highest BCUT2D eigenvalue weighted by Gasteiger charge is 2.06. The van der Waals surface area contributed by atoms with Crippen LogP contribution in [0.25, 0.3) is 0 Å². The normalized spacial score (nSPS) is 12.4. The third-order valence-corrected chi connectivity index (χ3v) is 1.79. The molecule has 0 fully saturated rings. The van der Waals surface area contributed by atoms with Crippen molar-refractivity contribution in [1.29, 1.82) is 0 Å². The minimum Gasteiger partial charge on any atom is -0.511 e. The van der Waals surface area contributed by atoms with E-state index in [-0.39, 0.29) is 11.5 Å². The average Bonchev–Trinajstić information content (AvgIpc) is 2.04. The number of phenols is 1. The minimum atomic E-state index is -0.471. The molecule has 3 nitrogen and oxygen atoms in total. The van der Waals surface area contributed by atoms with Gasteiger partial charge in [-0.15, -0.1) is 0 Å². The SMILES string of the molecule is C=C(O)[C@H](N)Cc1cccc(O)c1. The predicted octanol–water partition coefficient (Wildman–Crippen LogP) is 1.33. The highest BCUT2D eigenvalue weighted by atomic mass is 16.3. The Morgan fingerprint density at radius 2 is 2.23 bits per heavy atom. The lowest BCUT2D eigenvalue weighted by Gasteiger charge is -2.09. The molecule has 0 amide bonds. The summed E-state index contributed by atoms with van der Waals surface area (Å²) in [5.74, 6) is 0.164. The standard InChI is InChI=1S/C10H13NO2/c1-7(12)10(11)6-8-3-2-4-9(13)5-8/h2-5,10,12-13H,1,6,11H2/t10-/m1/s1. The Labute approximate surface area is 77.1 Å². The molecule has 0 bridgehead atoms. The minimum absolute atomic E-state index is 0.0386. The molecule has 0 saturated heterocycles. The summed E-state index contributed by atoms with van der Waals surface area (Å²) in [5, 5.41) is 18.1. The number of aromatic hydroxyl groups is 1. The van der Waals surface area contributed by atoms with Crippen molar-refractivity contribution >= 4 is 0 Å². The van der Waals surface area contributed by atoms with Gasteiger partial charge in [0.1, 0.15) is 11.5 Å². The summed E-state index contributed by atoms with van der Waals surface area (Å²) in [7, 11) is 0. The second kappa shape index (κ2) is 3.96. The van der Waals surface area contributed by atoms with Gasteiger partial charge in [0.05, 0.1) is 6.04 Å². The first-order chi connectivity index (χ1) is 6.09. The number of aliphatic hydroxyl groups excluding tert-OH is 1. The lowest BCUT2D eigenvalue weighted by Crippen LogP contribution is -2.24. The third-order valence-electron chi connectivity index (χ3n) is 1.79. The largest absolute Gasteiger partial charge is 0.511 e. The Bertz CT molecular complexity index is 310. The fourth-order valence-electron chi connectivity index (χ4n) is 1.06. The topological polar surface area (TPSA) is 66.5 Å². The first-order valence-corrected chi connectivity index (χ1v) is 4.01. The van der Waals surface area contributed by atoms with Crippen molar-refractivity contribution in [2.75, 3.05) is 0 Å². The zero-order chi connectivity index (χ0) is 9.84. The average molecular weight is 179 g/mol. The molecule has 0 saturated carbocycles.